The Kier molecular flexibility index (Phi) is 8.32. The van der Waals surface area contributed by atoms with Gasteiger partial charge in [-0.25, -0.2) is 37.7 Å². The maximum atomic E-state index is 12.5. The molecule has 0 aromatic carbocycles. The van der Waals surface area contributed by atoms with Crippen LogP contribution in [0.1, 0.15) is 13.8 Å². The van der Waals surface area contributed by atoms with Gasteiger partial charge in [-0.15, -0.1) is 0 Å². The van der Waals surface area contributed by atoms with Gasteiger partial charge < -0.3 is 14.6 Å². The molecule has 0 saturated heterocycles. The maximum Gasteiger partial charge on any atom is 0.336 e. The number of aromatic nitrogens is 3. The zero-order chi connectivity index (χ0) is 21.4. The third kappa shape index (κ3) is 5.64. The second-order valence-corrected chi connectivity index (χ2v) is 5.86. The molecule has 0 aliphatic heterocycles. The molecule has 11 nitrogen and oxygen atoms in total. The van der Waals surface area contributed by atoms with Crippen molar-refractivity contribution in [1.82, 2.24) is 13.7 Å². The normalized spacial score (nSPS) is 10.4. The first-order valence-corrected chi connectivity index (χ1v) is 8.32. The molecule has 28 heavy (non-hydrogen) atoms. The Morgan fingerprint density at radius 2 is 1.11 bits per heavy atom. The van der Waals surface area contributed by atoms with E-state index in [-0.39, 0.29) is 44.0 Å². The Morgan fingerprint density at radius 3 is 1.39 bits per heavy atom. The molecule has 0 bridgehead atoms. The first-order chi connectivity index (χ1) is 13.1. The van der Waals surface area contributed by atoms with Crippen LogP contribution in [-0.2, 0) is 38.7 Å². The summed E-state index contributed by atoms with van der Waals surface area (Å²) < 4.78 is 11.8. The van der Waals surface area contributed by atoms with Crippen LogP contribution in [0.25, 0.3) is 0 Å². The molecule has 0 amide bonds. The summed E-state index contributed by atoms with van der Waals surface area (Å²) in [6, 6.07) is 0. The van der Waals surface area contributed by atoms with Crippen LogP contribution >= 0.6 is 0 Å². The van der Waals surface area contributed by atoms with Gasteiger partial charge in [0.05, 0.1) is 26.2 Å². The topological polar surface area (TPSA) is 139 Å². The number of ether oxygens (including phenoxy) is 2. The first kappa shape index (κ1) is 22.8. The Balaban J connectivity index is 3.17. The third-order valence-electron chi connectivity index (χ3n) is 3.50. The maximum absolute atomic E-state index is 12.5. The van der Waals surface area contributed by atoms with Crippen molar-refractivity contribution in [3.8, 4) is 0 Å². The summed E-state index contributed by atoms with van der Waals surface area (Å²) in [5.41, 5.74) is -2.57. The molecular weight excluding hydrogens is 374 g/mol. The van der Waals surface area contributed by atoms with E-state index in [1.807, 2.05) is 0 Å². The summed E-state index contributed by atoms with van der Waals surface area (Å²) >= 11 is 0. The van der Waals surface area contributed by atoms with Crippen molar-refractivity contribution in [2.75, 3.05) is 19.8 Å². The number of aliphatic hydroxyl groups excluding tert-OH is 1. The van der Waals surface area contributed by atoms with Gasteiger partial charge in [0, 0.05) is 11.1 Å². The van der Waals surface area contributed by atoms with E-state index in [0.717, 1.165) is 0 Å². The fraction of sp³-hybridized carbons (Fsp3) is 0.471. The molecule has 0 atom stereocenters. The van der Waals surface area contributed by atoms with E-state index >= 15 is 0 Å². The predicted molar refractivity (Wildman–Crippen MR) is 97.9 cm³/mol. The molecule has 154 valence electrons. The van der Waals surface area contributed by atoms with Gasteiger partial charge in [-0.05, 0) is 13.8 Å². The lowest BCUT2D eigenvalue weighted by atomic mass is 10.4. The van der Waals surface area contributed by atoms with E-state index in [9.17, 15) is 24.0 Å². The van der Waals surface area contributed by atoms with Crippen LogP contribution in [0.15, 0.2) is 38.7 Å². The van der Waals surface area contributed by atoms with Gasteiger partial charge in [0.2, 0.25) is 0 Å². The third-order valence-corrected chi connectivity index (χ3v) is 3.50. The monoisotopic (exact) mass is 397 g/mol. The average molecular weight is 397 g/mol. The molecule has 1 aromatic heterocycles. The fourth-order valence-corrected chi connectivity index (χ4v) is 2.06. The number of esters is 2. The zero-order valence-corrected chi connectivity index (χ0v) is 15.8. The number of carbonyl (C=O) groups is 2. The quantitative estimate of drug-likeness (QED) is 0.368. The summed E-state index contributed by atoms with van der Waals surface area (Å²) in [6.07, 6.45) is 0. The summed E-state index contributed by atoms with van der Waals surface area (Å²) in [5.74, 6) is -1.38. The average Bonchev–Trinajstić information content (AvgIpc) is 2.63. The van der Waals surface area contributed by atoms with E-state index in [1.54, 1.807) is 0 Å². The fourth-order valence-electron chi connectivity index (χ4n) is 2.06. The molecule has 0 fully saturated rings. The van der Waals surface area contributed by atoms with Crippen molar-refractivity contribution >= 4 is 11.9 Å². The van der Waals surface area contributed by atoms with Gasteiger partial charge in [0.1, 0.15) is 13.2 Å². The molecule has 0 saturated carbocycles. The van der Waals surface area contributed by atoms with Crippen molar-refractivity contribution < 1.29 is 24.2 Å². The van der Waals surface area contributed by atoms with Crippen molar-refractivity contribution in [3.05, 3.63) is 55.8 Å². The minimum Gasteiger partial charge on any atom is -0.460 e. The standard InChI is InChI=1S/C17H23N3O8/c1-11(2)13(22)27-9-6-19-15(24)18(5-8-21)16(25)20(17(19)26)7-10-28-14(23)12(3)4/h21H,1,3,5-10H2,2,4H3. The zero-order valence-electron chi connectivity index (χ0n) is 15.8. The highest BCUT2D eigenvalue weighted by Crippen LogP contribution is 1.93. The SMILES string of the molecule is C=C(C)C(=O)OCCn1c(=O)n(CCO)c(=O)n(CCOC(=O)C(=C)C)c1=O. The molecule has 0 spiro atoms. The van der Waals surface area contributed by atoms with Crippen LogP contribution in [0.2, 0.25) is 0 Å². The van der Waals surface area contributed by atoms with Crippen LogP contribution in [0.5, 0.6) is 0 Å². The van der Waals surface area contributed by atoms with Gasteiger partial charge in [-0.1, -0.05) is 13.2 Å². The lowest BCUT2D eigenvalue weighted by Gasteiger charge is -2.13. The summed E-state index contributed by atoms with van der Waals surface area (Å²) in [7, 11) is 0. The Bertz CT molecular complexity index is 880. The van der Waals surface area contributed by atoms with Crippen LogP contribution in [0, 0.1) is 0 Å². The van der Waals surface area contributed by atoms with Gasteiger partial charge in [-0.3, -0.25) is 0 Å². The van der Waals surface area contributed by atoms with E-state index in [2.05, 4.69) is 13.2 Å². The molecule has 1 N–H and O–H groups in total. The van der Waals surface area contributed by atoms with Crippen molar-refractivity contribution in [1.29, 1.82) is 0 Å². The highest BCUT2D eigenvalue weighted by molar-refractivity contribution is 5.87. The number of aliphatic hydroxyl groups is 1. The Labute approximate surface area is 159 Å². The molecule has 1 aromatic rings. The number of rotatable bonds is 10. The molecule has 0 radical (unpaired) electrons. The molecule has 11 heteroatoms. The molecule has 0 aliphatic carbocycles. The number of nitrogens with zero attached hydrogens (tertiary/aromatic N) is 3. The minimum absolute atomic E-state index is 0.148. The minimum atomic E-state index is -0.957. The predicted octanol–water partition coefficient (Wildman–Crippen LogP) is -1.60. The number of hydrogen-bond acceptors (Lipinski definition) is 8. The molecule has 1 heterocycles. The van der Waals surface area contributed by atoms with Crippen molar-refractivity contribution in [2.45, 2.75) is 33.5 Å². The van der Waals surface area contributed by atoms with E-state index < -0.39 is 35.6 Å². The van der Waals surface area contributed by atoms with Crippen molar-refractivity contribution in [3.63, 3.8) is 0 Å². The molecule has 1 rings (SSSR count). The molecule has 0 unspecified atom stereocenters. The number of hydrogen-bond donors (Lipinski definition) is 1. The largest absolute Gasteiger partial charge is 0.460 e. The summed E-state index contributed by atoms with van der Waals surface area (Å²) in [4.78, 5) is 60.1. The van der Waals surface area contributed by atoms with Crippen LogP contribution in [-0.4, -0.2) is 50.6 Å². The smallest absolute Gasteiger partial charge is 0.336 e. The van der Waals surface area contributed by atoms with E-state index in [0.29, 0.717) is 13.7 Å². The summed E-state index contributed by atoms with van der Waals surface area (Å²) in [6.45, 7) is 7.62. The van der Waals surface area contributed by atoms with Crippen LogP contribution < -0.4 is 17.1 Å². The summed E-state index contributed by atoms with van der Waals surface area (Å²) in [5, 5.41) is 9.09. The molecule has 0 aliphatic rings. The first-order valence-electron chi connectivity index (χ1n) is 8.32. The Hall–Kier alpha value is -3.21. The lowest BCUT2D eigenvalue weighted by Crippen LogP contribution is -2.55. The lowest BCUT2D eigenvalue weighted by molar-refractivity contribution is -0.140. The van der Waals surface area contributed by atoms with Crippen molar-refractivity contribution in [2.24, 2.45) is 0 Å². The van der Waals surface area contributed by atoms with Gasteiger partial charge in [0.15, 0.2) is 0 Å². The van der Waals surface area contributed by atoms with Gasteiger partial charge in [0.25, 0.3) is 0 Å². The second-order valence-electron chi connectivity index (χ2n) is 5.86. The van der Waals surface area contributed by atoms with Gasteiger partial charge >= 0.3 is 29.0 Å². The Morgan fingerprint density at radius 1 is 0.786 bits per heavy atom. The second kappa shape index (κ2) is 10.2. The van der Waals surface area contributed by atoms with Gasteiger partial charge in [-0.2, -0.15) is 0 Å². The van der Waals surface area contributed by atoms with Crippen LogP contribution in [0.4, 0.5) is 0 Å². The highest BCUT2D eigenvalue weighted by Gasteiger charge is 2.16. The van der Waals surface area contributed by atoms with Crippen LogP contribution in [0.3, 0.4) is 0 Å². The number of carbonyl (C=O) groups excluding carboxylic acids is 2. The van der Waals surface area contributed by atoms with E-state index in [4.69, 9.17) is 14.6 Å². The molecular formula is C17H23N3O8. The van der Waals surface area contributed by atoms with E-state index in [1.165, 1.54) is 13.8 Å². The highest BCUT2D eigenvalue weighted by atomic mass is 16.5.